The zero-order valence-corrected chi connectivity index (χ0v) is 21.1. The highest BCUT2D eigenvalue weighted by atomic mass is 16.7. The van der Waals surface area contributed by atoms with Gasteiger partial charge in [-0.25, -0.2) is 4.98 Å². The number of nitrogens with zero attached hydrogens (tertiary/aromatic N) is 1. The minimum atomic E-state index is -1.51. The molecular formula is C23H28N2O12. The van der Waals surface area contributed by atoms with E-state index in [1.807, 2.05) is 0 Å². The van der Waals surface area contributed by atoms with Crippen LogP contribution in [0.25, 0.3) is 0 Å². The summed E-state index contributed by atoms with van der Waals surface area (Å²) in [4.78, 5) is 75.8. The first-order valence-electron chi connectivity index (χ1n) is 11.1. The van der Waals surface area contributed by atoms with Gasteiger partial charge in [0.25, 0.3) is 5.91 Å². The Bertz CT molecular complexity index is 1070. The van der Waals surface area contributed by atoms with E-state index in [0.717, 1.165) is 34.6 Å². The van der Waals surface area contributed by atoms with Gasteiger partial charge in [-0.15, -0.1) is 0 Å². The Labute approximate surface area is 211 Å². The number of hydrogen-bond acceptors (Lipinski definition) is 13. The van der Waals surface area contributed by atoms with Gasteiger partial charge in [0.2, 0.25) is 0 Å². The summed E-state index contributed by atoms with van der Waals surface area (Å²) < 4.78 is 31.8. The zero-order valence-electron chi connectivity index (χ0n) is 21.1. The second kappa shape index (κ2) is 12.8. The number of aromatic nitrogens is 1. The van der Waals surface area contributed by atoms with E-state index in [1.54, 1.807) is 6.92 Å². The third-order valence-corrected chi connectivity index (χ3v) is 4.83. The molecule has 1 saturated heterocycles. The summed E-state index contributed by atoms with van der Waals surface area (Å²) in [6.07, 6.45) is -5.82. The lowest BCUT2D eigenvalue weighted by Crippen LogP contribution is -2.66. The second-order valence-electron chi connectivity index (χ2n) is 7.99. The fraction of sp³-hybridized carbons (Fsp3) is 0.522. The van der Waals surface area contributed by atoms with Crippen molar-refractivity contribution in [3.05, 3.63) is 23.5 Å². The van der Waals surface area contributed by atoms with Crippen molar-refractivity contribution < 1.29 is 57.2 Å². The third-order valence-electron chi connectivity index (χ3n) is 4.83. The number of aryl methyl sites for hydroxylation is 1. The van der Waals surface area contributed by atoms with Gasteiger partial charge in [0.05, 0.1) is 0 Å². The molecule has 1 aliphatic rings. The molecule has 0 bridgehead atoms. The molecule has 2 rings (SSSR count). The van der Waals surface area contributed by atoms with E-state index in [2.05, 4.69) is 10.3 Å². The van der Waals surface area contributed by atoms with Crippen molar-refractivity contribution in [1.29, 1.82) is 0 Å². The van der Waals surface area contributed by atoms with Crippen LogP contribution in [0, 0.1) is 6.92 Å². The summed E-state index contributed by atoms with van der Waals surface area (Å²) in [6.45, 7) is 6.62. The highest BCUT2D eigenvalue weighted by Gasteiger charge is 2.52. The second-order valence-corrected chi connectivity index (χ2v) is 7.99. The third kappa shape index (κ3) is 8.24. The quantitative estimate of drug-likeness (QED) is 0.358. The maximum atomic E-state index is 13.2. The van der Waals surface area contributed by atoms with Crippen molar-refractivity contribution in [2.45, 2.75) is 72.2 Å². The number of carbonyl (C=O) groups is 6. The zero-order chi connectivity index (χ0) is 27.9. The number of nitrogens with one attached hydrogen (secondary N) is 1. The van der Waals surface area contributed by atoms with Crippen molar-refractivity contribution in [1.82, 2.24) is 10.3 Å². The van der Waals surface area contributed by atoms with Crippen molar-refractivity contribution in [3.63, 3.8) is 0 Å². The highest BCUT2D eigenvalue weighted by Crippen LogP contribution is 2.29. The van der Waals surface area contributed by atoms with Crippen LogP contribution >= 0.6 is 0 Å². The van der Waals surface area contributed by atoms with Gasteiger partial charge in [-0.2, -0.15) is 0 Å². The van der Waals surface area contributed by atoms with Crippen LogP contribution in [0.4, 0.5) is 0 Å². The SMILES string of the molecule is CC(=O)OC[C@H]1O[C@@H](NC(=O)c2nccc(C)c2OC(C)=O)[C@H](OC(C)=O)[C@@H](OC(C)=O)[C@H]1OC(C)=O. The first-order chi connectivity index (χ1) is 17.3. The largest absolute Gasteiger partial charge is 0.463 e. The molecule has 14 heteroatoms. The fourth-order valence-corrected chi connectivity index (χ4v) is 3.52. The van der Waals surface area contributed by atoms with Gasteiger partial charge in [-0.1, -0.05) is 0 Å². The summed E-state index contributed by atoms with van der Waals surface area (Å²) in [6, 6.07) is 1.52. The maximum absolute atomic E-state index is 13.2. The van der Waals surface area contributed by atoms with Crippen LogP contribution < -0.4 is 10.1 Å². The first-order valence-corrected chi connectivity index (χ1v) is 11.1. The Balaban J connectivity index is 2.51. The number of hydrogen-bond donors (Lipinski definition) is 1. The van der Waals surface area contributed by atoms with Gasteiger partial charge >= 0.3 is 29.8 Å². The lowest BCUT2D eigenvalue weighted by atomic mass is 9.97. The monoisotopic (exact) mass is 524 g/mol. The summed E-state index contributed by atoms with van der Waals surface area (Å²) in [5.74, 6) is -4.85. The van der Waals surface area contributed by atoms with Gasteiger partial charge in [-0.3, -0.25) is 28.8 Å². The first kappa shape index (κ1) is 29.2. The smallest absolute Gasteiger partial charge is 0.308 e. The van der Waals surface area contributed by atoms with Crippen LogP contribution in [0.3, 0.4) is 0 Å². The lowest BCUT2D eigenvalue weighted by molar-refractivity contribution is -0.255. The molecule has 1 amide bonds. The minimum Gasteiger partial charge on any atom is -0.463 e. The van der Waals surface area contributed by atoms with Crippen molar-refractivity contribution in [3.8, 4) is 5.75 Å². The van der Waals surface area contributed by atoms with E-state index in [-0.39, 0.29) is 11.4 Å². The predicted octanol–water partition coefficient (Wildman–Crippen LogP) is 0.128. The number of pyridine rings is 1. The molecule has 0 saturated carbocycles. The fourth-order valence-electron chi connectivity index (χ4n) is 3.52. The average Bonchev–Trinajstić information content (AvgIpc) is 2.76. The lowest BCUT2D eigenvalue weighted by Gasteiger charge is -2.44. The number of esters is 5. The molecule has 37 heavy (non-hydrogen) atoms. The molecule has 1 aliphatic heterocycles. The molecule has 5 atom stereocenters. The Hall–Kier alpha value is -4.07. The average molecular weight is 524 g/mol. The van der Waals surface area contributed by atoms with Crippen LogP contribution in [0.15, 0.2) is 12.3 Å². The molecule has 0 aromatic carbocycles. The Kier molecular flexibility index (Phi) is 10.1. The molecule has 202 valence electrons. The van der Waals surface area contributed by atoms with E-state index in [4.69, 9.17) is 28.4 Å². The van der Waals surface area contributed by atoms with E-state index >= 15 is 0 Å². The van der Waals surface area contributed by atoms with Gasteiger partial charge in [0.1, 0.15) is 12.7 Å². The number of ether oxygens (including phenoxy) is 6. The van der Waals surface area contributed by atoms with E-state index in [1.165, 1.54) is 12.3 Å². The predicted molar refractivity (Wildman–Crippen MR) is 120 cm³/mol. The summed E-state index contributed by atoms with van der Waals surface area (Å²) >= 11 is 0. The molecular weight excluding hydrogens is 496 g/mol. The Morgan fingerprint density at radius 3 is 1.95 bits per heavy atom. The molecule has 0 aliphatic carbocycles. The number of rotatable bonds is 8. The molecule has 1 aromatic rings. The highest BCUT2D eigenvalue weighted by molar-refractivity contribution is 5.96. The van der Waals surface area contributed by atoms with Gasteiger partial charge in [0, 0.05) is 40.8 Å². The van der Waals surface area contributed by atoms with Crippen LogP contribution in [-0.4, -0.2) is 78.0 Å². The molecule has 0 unspecified atom stereocenters. The van der Waals surface area contributed by atoms with E-state index in [9.17, 15) is 28.8 Å². The summed E-state index contributed by atoms with van der Waals surface area (Å²) in [5.41, 5.74) is 0.139. The van der Waals surface area contributed by atoms with Crippen LogP contribution in [-0.2, 0) is 47.7 Å². The van der Waals surface area contributed by atoms with Crippen LogP contribution in [0.1, 0.15) is 50.7 Å². The Morgan fingerprint density at radius 2 is 1.41 bits per heavy atom. The molecule has 0 radical (unpaired) electrons. The number of carbonyl (C=O) groups excluding carboxylic acids is 6. The van der Waals surface area contributed by atoms with Crippen LogP contribution in [0.5, 0.6) is 5.75 Å². The maximum Gasteiger partial charge on any atom is 0.308 e. The Morgan fingerprint density at radius 1 is 0.838 bits per heavy atom. The van der Waals surface area contributed by atoms with E-state index in [0.29, 0.717) is 5.56 Å². The van der Waals surface area contributed by atoms with Crippen molar-refractivity contribution in [2.24, 2.45) is 0 Å². The van der Waals surface area contributed by atoms with Gasteiger partial charge in [-0.05, 0) is 18.6 Å². The van der Waals surface area contributed by atoms with Crippen molar-refractivity contribution in [2.75, 3.05) is 6.61 Å². The standard InChI is InChI=1S/C23H28N2O12/c1-10-7-8-24-17(18(10)33-12(3)27)22(31)25-23-21(36-15(6)30)20(35-14(5)29)19(34-13(4)28)16(37-23)9-32-11(2)26/h7-8,16,19-21,23H,9H2,1-6H3,(H,25,31)/t16-,19+,20+,21-,23-/m1/s1. The topological polar surface area (TPSA) is 183 Å². The number of amides is 1. The van der Waals surface area contributed by atoms with E-state index < -0.39 is 73.0 Å². The van der Waals surface area contributed by atoms with Crippen LogP contribution in [0.2, 0.25) is 0 Å². The minimum absolute atomic E-state index is 0.113. The normalized spacial score (nSPS) is 22.7. The molecule has 0 spiro atoms. The molecule has 1 aromatic heterocycles. The molecule has 1 N–H and O–H groups in total. The van der Waals surface area contributed by atoms with Gasteiger partial charge < -0.3 is 33.7 Å². The molecule has 1 fully saturated rings. The molecule has 14 nitrogen and oxygen atoms in total. The van der Waals surface area contributed by atoms with Crippen molar-refractivity contribution >= 4 is 35.8 Å². The summed E-state index contributed by atoms with van der Waals surface area (Å²) in [5, 5.41) is 2.46. The van der Waals surface area contributed by atoms with Gasteiger partial charge in [0.15, 0.2) is 36.0 Å². The summed E-state index contributed by atoms with van der Waals surface area (Å²) in [7, 11) is 0. The molecule has 2 heterocycles.